The average molecular weight is 250 g/mol. The first-order valence-electron chi connectivity index (χ1n) is 4.75. The second-order valence-corrected chi connectivity index (χ2v) is 3.21. The fourth-order valence-corrected chi connectivity index (χ4v) is 1.42. The zero-order valence-corrected chi connectivity index (χ0v) is 8.91. The quantitative estimate of drug-likeness (QED) is 0.446. The minimum atomic E-state index is -0.957. The highest BCUT2D eigenvalue weighted by Gasteiger charge is 2.28. The highest BCUT2D eigenvalue weighted by Crippen LogP contribution is 2.38. The molecule has 0 aromatic heterocycles. The maximum absolute atomic E-state index is 11.6. The molecule has 92 valence electrons. The first-order chi connectivity index (χ1) is 8.63. The normalized spacial score (nSPS) is 11.7. The lowest BCUT2D eigenvalue weighted by molar-refractivity contribution is -0.385. The van der Waals surface area contributed by atoms with Gasteiger partial charge < -0.3 is 14.2 Å². The fraction of sp³-hybridized carbons (Fsp3) is 0.200. The van der Waals surface area contributed by atoms with Crippen LogP contribution in [0.3, 0.4) is 0 Å². The van der Waals surface area contributed by atoms with Crippen LogP contribution in [-0.4, -0.2) is 24.3 Å². The average Bonchev–Trinajstić information content (AvgIpc) is 2.81. The molecular formula is C10H6N2O6. The van der Waals surface area contributed by atoms with Gasteiger partial charge in [-0.2, -0.15) is 5.26 Å². The Morgan fingerprint density at radius 2 is 2.17 bits per heavy atom. The standard InChI is InChI=1S/C10H6N2O6/c11-1-2-16-10(13)6-3-8-9(18-5-17-8)4-7(6)12(14)15/h3-4H,2,5H2. The summed E-state index contributed by atoms with van der Waals surface area (Å²) >= 11 is 0. The van der Waals surface area contributed by atoms with Crippen molar-refractivity contribution in [1.82, 2.24) is 0 Å². The van der Waals surface area contributed by atoms with Crippen LogP contribution in [-0.2, 0) is 4.74 Å². The van der Waals surface area contributed by atoms with Crippen LogP contribution >= 0.6 is 0 Å². The topological polar surface area (TPSA) is 112 Å². The molecule has 0 bridgehead atoms. The van der Waals surface area contributed by atoms with Gasteiger partial charge in [0.1, 0.15) is 11.6 Å². The van der Waals surface area contributed by atoms with Gasteiger partial charge in [0.05, 0.1) is 11.0 Å². The van der Waals surface area contributed by atoms with E-state index in [0.717, 1.165) is 6.07 Å². The van der Waals surface area contributed by atoms with E-state index in [1.165, 1.54) is 6.07 Å². The molecule has 0 radical (unpaired) electrons. The van der Waals surface area contributed by atoms with Gasteiger partial charge in [-0.3, -0.25) is 10.1 Å². The van der Waals surface area contributed by atoms with Crippen molar-refractivity contribution in [2.45, 2.75) is 0 Å². The first kappa shape index (κ1) is 11.7. The Morgan fingerprint density at radius 3 is 2.78 bits per heavy atom. The van der Waals surface area contributed by atoms with Crippen molar-refractivity contribution in [2.24, 2.45) is 0 Å². The number of rotatable bonds is 3. The zero-order chi connectivity index (χ0) is 13.1. The van der Waals surface area contributed by atoms with E-state index < -0.39 is 23.2 Å². The summed E-state index contributed by atoms with van der Waals surface area (Å²) < 4.78 is 14.5. The molecule has 1 aliphatic heterocycles. The Hall–Kier alpha value is -2.82. The van der Waals surface area contributed by atoms with Crippen molar-refractivity contribution >= 4 is 11.7 Å². The second kappa shape index (κ2) is 4.58. The summed E-state index contributed by atoms with van der Waals surface area (Å²) in [7, 11) is 0. The number of nitro groups is 1. The molecule has 1 aromatic rings. The van der Waals surface area contributed by atoms with Crippen molar-refractivity contribution in [3.63, 3.8) is 0 Å². The van der Waals surface area contributed by atoms with Crippen LogP contribution in [0, 0.1) is 21.4 Å². The number of carbonyl (C=O) groups excluding carboxylic acids is 1. The number of nitrogens with zero attached hydrogens (tertiary/aromatic N) is 2. The molecule has 2 rings (SSSR count). The third-order valence-corrected chi connectivity index (χ3v) is 2.18. The molecule has 18 heavy (non-hydrogen) atoms. The van der Waals surface area contributed by atoms with Gasteiger partial charge in [-0.1, -0.05) is 0 Å². The SMILES string of the molecule is N#CCOC(=O)c1cc2c(cc1[N+](=O)[O-])OCO2. The number of benzene rings is 1. The summed E-state index contributed by atoms with van der Waals surface area (Å²) in [6.45, 7) is -0.548. The molecule has 1 aromatic carbocycles. The van der Waals surface area contributed by atoms with Crippen molar-refractivity contribution in [1.29, 1.82) is 5.26 Å². The highest BCUT2D eigenvalue weighted by atomic mass is 16.7. The van der Waals surface area contributed by atoms with E-state index in [2.05, 4.69) is 4.74 Å². The predicted molar refractivity (Wildman–Crippen MR) is 55.1 cm³/mol. The van der Waals surface area contributed by atoms with Crippen LogP contribution in [0.2, 0.25) is 0 Å². The van der Waals surface area contributed by atoms with Crippen LogP contribution < -0.4 is 9.47 Å². The van der Waals surface area contributed by atoms with E-state index >= 15 is 0 Å². The Bertz CT molecular complexity index is 562. The highest BCUT2D eigenvalue weighted by molar-refractivity contribution is 5.95. The number of ether oxygens (including phenoxy) is 3. The molecule has 0 N–H and O–H groups in total. The molecule has 0 aliphatic carbocycles. The van der Waals surface area contributed by atoms with Crippen molar-refractivity contribution in [3.05, 3.63) is 27.8 Å². The molecule has 0 spiro atoms. The summed E-state index contributed by atoms with van der Waals surface area (Å²) in [5, 5.41) is 19.1. The van der Waals surface area contributed by atoms with Crippen LogP contribution in [0.15, 0.2) is 12.1 Å². The maximum atomic E-state index is 11.6. The number of nitro benzene ring substituents is 1. The number of esters is 1. The number of fused-ring (bicyclic) bond motifs is 1. The molecule has 0 saturated carbocycles. The van der Waals surface area contributed by atoms with E-state index in [9.17, 15) is 14.9 Å². The third kappa shape index (κ3) is 2.01. The smallest absolute Gasteiger partial charge is 0.346 e. The Morgan fingerprint density at radius 1 is 1.50 bits per heavy atom. The molecule has 1 heterocycles. The molecule has 0 amide bonds. The van der Waals surface area contributed by atoms with Gasteiger partial charge in [0.2, 0.25) is 6.79 Å². The van der Waals surface area contributed by atoms with Gasteiger partial charge in [-0.05, 0) is 0 Å². The lowest BCUT2D eigenvalue weighted by Crippen LogP contribution is -2.08. The van der Waals surface area contributed by atoms with Crippen molar-refractivity contribution in [2.75, 3.05) is 13.4 Å². The lowest BCUT2D eigenvalue weighted by atomic mass is 10.1. The second-order valence-electron chi connectivity index (χ2n) is 3.21. The number of hydrogen-bond donors (Lipinski definition) is 0. The molecule has 8 heteroatoms. The van der Waals surface area contributed by atoms with Crippen LogP contribution in [0.1, 0.15) is 10.4 Å². The van der Waals surface area contributed by atoms with E-state index in [0.29, 0.717) is 0 Å². The van der Waals surface area contributed by atoms with Gasteiger partial charge >= 0.3 is 5.97 Å². The molecule has 8 nitrogen and oxygen atoms in total. The molecule has 0 atom stereocenters. The largest absolute Gasteiger partial charge is 0.454 e. The van der Waals surface area contributed by atoms with Crippen LogP contribution in [0.5, 0.6) is 11.5 Å². The van der Waals surface area contributed by atoms with E-state index in [1.54, 1.807) is 6.07 Å². The Balaban J connectivity index is 2.42. The van der Waals surface area contributed by atoms with Crippen LogP contribution in [0.25, 0.3) is 0 Å². The lowest BCUT2D eigenvalue weighted by Gasteiger charge is -2.03. The minimum absolute atomic E-state index is 0.0663. The van der Waals surface area contributed by atoms with Gasteiger partial charge in [0.15, 0.2) is 18.1 Å². The van der Waals surface area contributed by atoms with E-state index in [4.69, 9.17) is 14.7 Å². The van der Waals surface area contributed by atoms with Crippen LogP contribution in [0.4, 0.5) is 5.69 Å². The molecule has 0 fully saturated rings. The number of nitriles is 1. The predicted octanol–water partition coefficient (Wildman–Crippen LogP) is 1.00. The molecule has 1 aliphatic rings. The van der Waals surface area contributed by atoms with E-state index in [1.807, 2.05) is 0 Å². The summed E-state index contributed by atoms with van der Waals surface area (Å²) in [5.41, 5.74) is -0.735. The zero-order valence-electron chi connectivity index (χ0n) is 8.91. The van der Waals surface area contributed by atoms with Crippen molar-refractivity contribution < 1.29 is 23.9 Å². The first-order valence-corrected chi connectivity index (χ1v) is 4.75. The summed E-state index contributed by atoms with van der Waals surface area (Å²) in [5.74, 6) is -0.537. The minimum Gasteiger partial charge on any atom is -0.454 e. The van der Waals surface area contributed by atoms with E-state index in [-0.39, 0.29) is 23.9 Å². The molecule has 0 unspecified atom stereocenters. The third-order valence-electron chi connectivity index (χ3n) is 2.18. The summed E-state index contributed by atoms with van der Waals surface area (Å²) in [4.78, 5) is 21.7. The Labute approximate surface area is 100 Å². The molecular weight excluding hydrogens is 244 g/mol. The monoisotopic (exact) mass is 250 g/mol. The van der Waals surface area contributed by atoms with Gasteiger partial charge in [0.25, 0.3) is 5.69 Å². The van der Waals surface area contributed by atoms with Gasteiger partial charge in [0, 0.05) is 6.07 Å². The molecule has 0 saturated heterocycles. The maximum Gasteiger partial charge on any atom is 0.346 e. The Kier molecular flexibility index (Phi) is 2.97. The summed E-state index contributed by atoms with van der Waals surface area (Å²) in [6, 6.07) is 3.86. The van der Waals surface area contributed by atoms with Gasteiger partial charge in [-0.15, -0.1) is 0 Å². The fourth-order valence-electron chi connectivity index (χ4n) is 1.42. The summed E-state index contributed by atoms with van der Waals surface area (Å²) in [6.07, 6.45) is 0. The number of carbonyl (C=O) groups is 1. The van der Waals surface area contributed by atoms with Gasteiger partial charge in [-0.25, -0.2) is 4.79 Å². The number of hydrogen-bond acceptors (Lipinski definition) is 7. The van der Waals surface area contributed by atoms with Crippen molar-refractivity contribution in [3.8, 4) is 17.6 Å².